The number of carbonyl (C=O) groups excluding carboxylic acids is 1. The van der Waals surface area contributed by atoms with Crippen LogP contribution in [0.2, 0.25) is 5.02 Å². The lowest BCUT2D eigenvalue weighted by molar-refractivity contribution is 0.0934. The molecule has 0 aliphatic carbocycles. The Hall–Kier alpha value is -2.07. The van der Waals surface area contributed by atoms with Crippen molar-refractivity contribution in [2.45, 2.75) is 43.5 Å². The number of halogens is 2. The van der Waals surface area contributed by atoms with E-state index in [1.165, 1.54) is 10.6 Å². The third kappa shape index (κ3) is 6.46. The summed E-state index contributed by atoms with van der Waals surface area (Å²) in [6.07, 6.45) is 3.95. The number of carbonyl (C=O) groups is 1. The van der Waals surface area contributed by atoms with E-state index < -0.39 is 16.4 Å². The largest absolute Gasteiger partial charge is 0.384 e. The van der Waals surface area contributed by atoms with Crippen LogP contribution in [0, 0.1) is 28.6 Å². The van der Waals surface area contributed by atoms with Gasteiger partial charge < -0.3 is 16.0 Å². The average Bonchev–Trinajstić information content (AvgIpc) is 2.74. The number of hydrogen-bond acceptors (Lipinski definition) is 6. The molecule has 10 heteroatoms. The second kappa shape index (κ2) is 11.9. The van der Waals surface area contributed by atoms with Gasteiger partial charge in [0.2, 0.25) is 0 Å². The first-order valence-electron chi connectivity index (χ1n) is 9.98. The fourth-order valence-corrected chi connectivity index (χ4v) is 4.33. The average molecular weight is 498 g/mol. The second-order valence-corrected chi connectivity index (χ2v) is 8.82. The van der Waals surface area contributed by atoms with Crippen LogP contribution in [0.1, 0.15) is 53.8 Å². The number of nitrogen functional groups attached to an aromatic ring is 1. The summed E-state index contributed by atoms with van der Waals surface area (Å²) in [5.41, 5.74) is 5.33. The number of hydrogen-bond donors (Lipinski definition) is 2. The molecule has 2 rings (SSSR count). The zero-order valence-corrected chi connectivity index (χ0v) is 19.1. The van der Waals surface area contributed by atoms with E-state index in [4.69, 9.17) is 27.9 Å². The van der Waals surface area contributed by atoms with E-state index >= 15 is 0 Å². The summed E-state index contributed by atoms with van der Waals surface area (Å²) >= 11 is 9.51. The van der Waals surface area contributed by atoms with Crippen molar-refractivity contribution in [3.8, 4) is 12.1 Å². The Balaban J connectivity index is 1.98. The quantitative estimate of drug-likeness (QED) is 0.399. The van der Waals surface area contributed by atoms with Gasteiger partial charge in [-0.3, -0.25) is 14.2 Å². The first kappa shape index (κ1) is 24.2. The second-order valence-electron chi connectivity index (χ2n) is 7.35. The van der Waals surface area contributed by atoms with Gasteiger partial charge in [-0.25, -0.2) is 0 Å². The minimum absolute atomic E-state index is 0.0572. The molecule has 3 N–H and O–H groups in total. The third-order valence-electron chi connectivity index (χ3n) is 5.27. The SMILES string of the molecule is N#CCCCN1CCC(CNC(=O)c2cc(Cl)c(N)n(C(Br)CCC#N)c2=O)CC1. The number of pyridine rings is 1. The Morgan fingerprint density at radius 1 is 1.33 bits per heavy atom. The van der Waals surface area contributed by atoms with Crippen LogP contribution in [0.4, 0.5) is 5.82 Å². The molecule has 1 saturated heterocycles. The van der Waals surface area contributed by atoms with Crippen LogP contribution in [0.3, 0.4) is 0 Å². The number of rotatable bonds is 9. The summed E-state index contributed by atoms with van der Waals surface area (Å²) in [4.78, 5) is 27.3. The molecule has 1 aromatic rings. The summed E-state index contributed by atoms with van der Waals surface area (Å²) < 4.78 is 1.22. The molecule has 1 atom stereocenters. The number of unbranched alkanes of at least 4 members (excludes halogenated alkanes) is 1. The molecule has 8 nitrogen and oxygen atoms in total. The van der Waals surface area contributed by atoms with Crippen molar-refractivity contribution < 1.29 is 4.79 Å². The number of nitriles is 2. The topological polar surface area (TPSA) is 128 Å². The van der Waals surface area contributed by atoms with E-state index in [9.17, 15) is 9.59 Å². The molecule has 2 heterocycles. The number of piperidine rings is 1. The van der Waals surface area contributed by atoms with Gasteiger partial charge in [0.25, 0.3) is 11.5 Å². The van der Waals surface area contributed by atoms with Gasteiger partial charge in [0, 0.05) is 19.4 Å². The van der Waals surface area contributed by atoms with E-state index in [2.05, 4.69) is 32.2 Å². The Morgan fingerprint density at radius 3 is 2.63 bits per heavy atom. The minimum Gasteiger partial charge on any atom is -0.384 e. The zero-order valence-electron chi connectivity index (χ0n) is 16.7. The van der Waals surface area contributed by atoms with Gasteiger partial charge in [-0.15, -0.1) is 0 Å². The number of amides is 1. The van der Waals surface area contributed by atoms with Crippen LogP contribution in [0.25, 0.3) is 0 Å². The normalized spacial score (nSPS) is 15.9. The summed E-state index contributed by atoms with van der Waals surface area (Å²) in [5.74, 6) is -0.0823. The number of anilines is 1. The molecule has 0 spiro atoms. The van der Waals surface area contributed by atoms with Crippen molar-refractivity contribution in [3.63, 3.8) is 0 Å². The summed E-state index contributed by atoms with van der Waals surface area (Å²) in [5, 5.41) is 20.4. The van der Waals surface area contributed by atoms with Crippen molar-refractivity contribution >= 4 is 39.3 Å². The monoisotopic (exact) mass is 496 g/mol. The molecule has 162 valence electrons. The van der Waals surface area contributed by atoms with Crippen LogP contribution >= 0.6 is 27.5 Å². The van der Waals surface area contributed by atoms with Gasteiger partial charge in [0.15, 0.2) is 0 Å². The fourth-order valence-electron chi connectivity index (χ4n) is 3.50. The summed E-state index contributed by atoms with van der Waals surface area (Å²) in [6.45, 7) is 3.29. The molecule has 1 fully saturated rings. The highest BCUT2D eigenvalue weighted by atomic mass is 79.9. The van der Waals surface area contributed by atoms with Crippen LogP contribution in [0.15, 0.2) is 10.9 Å². The molecular formula is C20H26BrClN6O2. The van der Waals surface area contributed by atoms with Crippen molar-refractivity contribution in [2.75, 3.05) is 31.9 Å². The maximum atomic E-state index is 12.8. The van der Waals surface area contributed by atoms with Crippen molar-refractivity contribution in [3.05, 3.63) is 27.0 Å². The van der Waals surface area contributed by atoms with E-state index in [1.807, 2.05) is 6.07 Å². The Kier molecular flexibility index (Phi) is 9.64. The highest BCUT2D eigenvalue weighted by Gasteiger charge is 2.23. The molecule has 30 heavy (non-hydrogen) atoms. The zero-order chi connectivity index (χ0) is 22.1. The predicted octanol–water partition coefficient (Wildman–Crippen LogP) is 3.03. The number of aromatic nitrogens is 1. The number of likely N-dealkylation sites (tertiary alicyclic amines) is 1. The van der Waals surface area contributed by atoms with Crippen LogP contribution in [-0.4, -0.2) is 41.6 Å². The molecule has 1 unspecified atom stereocenters. The van der Waals surface area contributed by atoms with Gasteiger partial charge >= 0.3 is 0 Å². The van der Waals surface area contributed by atoms with Gasteiger partial charge in [-0.05, 0) is 57.3 Å². The standard InChI is InChI=1S/C20H26BrClN6O2/c21-17(4-3-8-24)28-18(25)16(22)12-15(20(28)30)19(29)26-13-14-5-10-27(11-6-14)9-2-1-7-23/h12,14,17H,1-6,9-11,13,25H2,(H,26,29). The predicted molar refractivity (Wildman–Crippen MR) is 119 cm³/mol. The van der Waals surface area contributed by atoms with Crippen molar-refractivity contribution in [2.24, 2.45) is 5.92 Å². The molecule has 0 radical (unpaired) electrons. The molecule has 1 aromatic heterocycles. The van der Waals surface area contributed by atoms with Gasteiger partial charge in [-0.2, -0.15) is 10.5 Å². The van der Waals surface area contributed by atoms with E-state index in [-0.39, 0.29) is 22.8 Å². The maximum Gasteiger partial charge on any atom is 0.266 e. The minimum atomic E-state index is -0.540. The van der Waals surface area contributed by atoms with E-state index in [1.54, 1.807) is 0 Å². The van der Waals surface area contributed by atoms with Crippen molar-refractivity contribution in [1.82, 2.24) is 14.8 Å². The summed E-state index contributed by atoms with van der Waals surface area (Å²) in [7, 11) is 0. The highest BCUT2D eigenvalue weighted by molar-refractivity contribution is 9.09. The van der Waals surface area contributed by atoms with Gasteiger partial charge in [0.1, 0.15) is 11.4 Å². The van der Waals surface area contributed by atoms with Crippen LogP contribution in [0.5, 0.6) is 0 Å². The van der Waals surface area contributed by atoms with E-state index in [0.29, 0.717) is 25.3 Å². The molecule has 1 aliphatic heterocycles. The molecule has 1 aliphatic rings. The number of nitrogens with two attached hydrogens (primary N) is 1. The van der Waals surface area contributed by atoms with Gasteiger partial charge in [-0.1, -0.05) is 27.5 Å². The molecule has 0 aromatic carbocycles. The Bertz CT molecular complexity index is 883. The summed E-state index contributed by atoms with van der Waals surface area (Å²) in [6, 6.07) is 5.48. The van der Waals surface area contributed by atoms with E-state index in [0.717, 1.165) is 38.9 Å². The molecule has 0 saturated carbocycles. The van der Waals surface area contributed by atoms with Crippen LogP contribution in [-0.2, 0) is 0 Å². The maximum absolute atomic E-state index is 12.8. The third-order valence-corrected chi connectivity index (χ3v) is 6.44. The lowest BCUT2D eigenvalue weighted by Crippen LogP contribution is -2.40. The smallest absolute Gasteiger partial charge is 0.266 e. The van der Waals surface area contributed by atoms with Crippen LogP contribution < -0.4 is 16.6 Å². The lowest BCUT2D eigenvalue weighted by atomic mass is 9.96. The van der Waals surface area contributed by atoms with Gasteiger partial charge in [0.05, 0.1) is 22.1 Å². The first-order chi connectivity index (χ1) is 14.4. The fraction of sp³-hybridized carbons (Fsp3) is 0.600. The van der Waals surface area contributed by atoms with Crippen molar-refractivity contribution in [1.29, 1.82) is 10.5 Å². The first-order valence-corrected chi connectivity index (χ1v) is 11.3. The highest BCUT2D eigenvalue weighted by Crippen LogP contribution is 2.27. The number of alkyl halides is 1. The molecular weight excluding hydrogens is 472 g/mol. The Morgan fingerprint density at radius 2 is 2.00 bits per heavy atom. The lowest BCUT2D eigenvalue weighted by Gasteiger charge is -2.31. The number of nitrogens with zero attached hydrogens (tertiary/aromatic N) is 4. The molecule has 1 amide bonds. The Labute approximate surface area is 189 Å². The number of nitrogens with one attached hydrogen (secondary N) is 1. The molecule has 0 bridgehead atoms.